The first-order valence-electron chi connectivity index (χ1n) is 11.1. The molecule has 1 aliphatic carbocycles. The molecule has 160 valence electrons. The van der Waals surface area contributed by atoms with E-state index in [9.17, 15) is 9.59 Å². The number of ketones is 1. The molecule has 2 aliphatic heterocycles. The Balaban J connectivity index is 1.25. The van der Waals surface area contributed by atoms with E-state index in [1.807, 2.05) is 35.9 Å². The Labute approximate surface area is 179 Å². The molecular weight excluding hydrogens is 394 g/mol. The number of carbonyl (C=O) groups excluding carboxylic acids is 1. The number of aromatic nitrogens is 4. The molecule has 0 bridgehead atoms. The van der Waals surface area contributed by atoms with Gasteiger partial charge in [0.25, 0.3) is 5.56 Å². The highest BCUT2D eigenvalue weighted by Crippen LogP contribution is 2.41. The van der Waals surface area contributed by atoms with Crippen molar-refractivity contribution in [3.8, 4) is 5.75 Å². The molecule has 1 N–H and O–H groups in total. The smallest absolute Gasteiger partial charge is 0.262 e. The molecule has 2 aromatic heterocycles. The predicted molar refractivity (Wildman–Crippen MR) is 114 cm³/mol. The number of fused-ring (bicyclic) bond motifs is 2. The highest BCUT2D eigenvalue weighted by molar-refractivity contribution is 6.00. The highest BCUT2D eigenvalue weighted by Gasteiger charge is 2.51. The van der Waals surface area contributed by atoms with Gasteiger partial charge < -0.3 is 9.72 Å². The number of nitrogens with zero attached hydrogens (tertiary/aromatic N) is 4. The van der Waals surface area contributed by atoms with Crippen LogP contribution < -0.4 is 10.3 Å². The number of rotatable bonds is 3. The monoisotopic (exact) mass is 419 g/mol. The van der Waals surface area contributed by atoms with Gasteiger partial charge in [0.15, 0.2) is 11.4 Å². The van der Waals surface area contributed by atoms with Gasteiger partial charge in [-0.2, -0.15) is 5.10 Å². The summed E-state index contributed by atoms with van der Waals surface area (Å²) in [5.74, 6) is 1.43. The minimum Gasteiger partial charge on any atom is -0.483 e. The standard InChI is InChI=1S/C23H25N5O3/c1-14(27-12-23(13-27)10-18(29)16-8-4-5-9-19(16)31-23)20-25-21-17(22(30)26-20)11-24-28(21)15-6-2-3-7-15/h4-5,8-9,11,14-15H,2-3,6-7,10,12-13H2,1H3,(H,25,26,30)/t14-/m1/s1. The highest BCUT2D eigenvalue weighted by atomic mass is 16.5. The Morgan fingerprint density at radius 3 is 2.77 bits per heavy atom. The molecule has 0 radical (unpaired) electrons. The van der Waals surface area contributed by atoms with E-state index in [1.54, 1.807) is 6.20 Å². The van der Waals surface area contributed by atoms with Crippen molar-refractivity contribution in [2.45, 2.75) is 56.7 Å². The lowest BCUT2D eigenvalue weighted by Crippen LogP contribution is -2.67. The van der Waals surface area contributed by atoms with Gasteiger partial charge in [-0.15, -0.1) is 0 Å². The van der Waals surface area contributed by atoms with Gasteiger partial charge in [0.05, 0.1) is 30.3 Å². The van der Waals surface area contributed by atoms with Crippen LogP contribution in [-0.2, 0) is 0 Å². The van der Waals surface area contributed by atoms with E-state index < -0.39 is 5.60 Å². The van der Waals surface area contributed by atoms with Gasteiger partial charge in [-0.25, -0.2) is 9.67 Å². The number of Topliss-reactive ketones (excluding diaryl/α,β-unsaturated/α-hetero) is 1. The molecule has 1 saturated carbocycles. The lowest BCUT2D eigenvalue weighted by Gasteiger charge is -2.53. The Bertz CT molecular complexity index is 1230. The van der Waals surface area contributed by atoms with Crippen molar-refractivity contribution in [3.05, 3.63) is 52.2 Å². The predicted octanol–water partition coefficient (Wildman–Crippen LogP) is 3.02. The average molecular weight is 419 g/mol. The van der Waals surface area contributed by atoms with E-state index in [0.29, 0.717) is 53.7 Å². The molecule has 1 atom stereocenters. The summed E-state index contributed by atoms with van der Waals surface area (Å²) in [5.41, 5.74) is 0.696. The zero-order valence-electron chi connectivity index (χ0n) is 17.5. The number of likely N-dealkylation sites (tertiary alicyclic amines) is 1. The fourth-order valence-electron chi connectivity index (χ4n) is 5.33. The quantitative estimate of drug-likeness (QED) is 0.702. The third-order valence-corrected chi connectivity index (χ3v) is 7.07. The molecule has 8 heteroatoms. The summed E-state index contributed by atoms with van der Waals surface area (Å²) in [6.07, 6.45) is 6.55. The van der Waals surface area contributed by atoms with Crippen LogP contribution in [0.5, 0.6) is 5.75 Å². The molecular formula is C23H25N5O3. The number of benzene rings is 1. The Morgan fingerprint density at radius 1 is 1.19 bits per heavy atom. The molecule has 1 aromatic carbocycles. The maximum atomic E-state index is 12.7. The van der Waals surface area contributed by atoms with Crippen molar-refractivity contribution in [2.24, 2.45) is 0 Å². The van der Waals surface area contributed by atoms with Crippen LogP contribution in [0, 0.1) is 0 Å². The van der Waals surface area contributed by atoms with Gasteiger partial charge in [0, 0.05) is 13.1 Å². The Kier molecular flexibility index (Phi) is 4.08. The summed E-state index contributed by atoms with van der Waals surface area (Å²) in [6, 6.07) is 7.66. The summed E-state index contributed by atoms with van der Waals surface area (Å²) in [7, 11) is 0. The normalized spacial score (nSPS) is 21.8. The van der Waals surface area contributed by atoms with Gasteiger partial charge in [-0.3, -0.25) is 14.5 Å². The van der Waals surface area contributed by atoms with Crippen molar-refractivity contribution >= 4 is 16.8 Å². The second kappa shape index (κ2) is 6.75. The first-order chi connectivity index (χ1) is 15.0. The number of hydrogen-bond donors (Lipinski definition) is 1. The molecule has 6 rings (SSSR count). The summed E-state index contributed by atoms with van der Waals surface area (Å²) in [4.78, 5) is 35.3. The molecule has 8 nitrogen and oxygen atoms in total. The first-order valence-corrected chi connectivity index (χ1v) is 11.1. The SMILES string of the molecule is C[C@H](c1nc2c(cnn2C2CCCC2)c(=O)[nH]1)N1CC2(CC(=O)c3ccccc3O2)C1. The van der Waals surface area contributed by atoms with Crippen LogP contribution in [-0.4, -0.2) is 49.1 Å². The largest absolute Gasteiger partial charge is 0.483 e. The lowest BCUT2D eigenvalue weighted by molar-refractivity contribution is -0.0985. The molecule has 1 saturated heterocycles. The molecule has 3 aromatic rings. The van der Waals surface area contributed by atoms with E-state index in [0.717, 1.165) is 12.8 Å². The second-order valence-electron chi connectivity index (χ2n) is 9.18. The molecule has 3 aliphatic rings. The van der Waals surface area contributed by atoms with Crippen molar-refractivity contribution in [1.82, 2.24) is 24.6 Å². The third kappa shape index (κ3) is 2.92. The van der Waals surface area contributed by atoms with Crippen molar-refractivity contribution in [2.75, 3.05) is 13.1 Å². The topological polar surface area (TPSA) is 93.1 Å². The van der Waals surface area contributed by atoms with Crippen LogP contribution in [0.1, 0.15) is 67.3 Å². The van der Waals surface area contributed by atoms with Crippen molar-refractivity contribution in [3.63, 3.8) is 0 Å². The second-order valence-corrected chi connectivity index (χ2v) is 9.18. The van der Waals surface area contributed by atoms with Crippen LogP contribution in [0.25, 0.3) is 11.0 Å². The lowest BCUT2D eigenvalue weighted by atomic mass is 9.83. The molecule has 0 unspecified atom stereocenters. The number of para-hydroxylation sites is 1. The fraction of sp³-hybridized carbons (Fsp3) is 0.478. The van der Waals surface area contributed by atoms with Crippen molar-refractivity contribution in [1.29, 1.82) is 0 Å². The van der Waals surface area contributed by atoms with Crippen LogP contribution in [0.4, 0.5) is 0 Å². The van der Waals surface area contributed by atoms with E-state index in [2.05, 4.69) is 15.0 Å². The first kappa shape index (κ1) is 18.7. The van der Waals surface area contributed by atoms with Crippen LogP contribution >= 0.6 is 0 Å². The average Bonchev–Trinajstić information content (AvgIpc) is 3.41. The van der Waals surface area contributed by atoms with E-state index in [1.165, 1.54) is 12.8 Å². The van der Waals surface area contributed by atoms with Crippen LogP contribution in [0.2, 0.25) is 0 Å². The van der Waals surface area contributed by atoms with E-state index >= 15 is 0 Å². The zero-order chi connectivity index (χ0) is 21.2. The van der Waals surface area contributed by atoms with E-state index in [4.69, 9.17) is 9.72 Å². The molecule has 4 heterocycles. The summed E-state index contributed by atoms with van der Waals surface area (Å²) < 4.78 is 8.18. The maximum absolute atomic E-state index is 12.7. The van der Waals surface area contributed by atoms with Crippen LogP contribution in [0.3, 0.4) is 0 Å². The van der Waals surface area contributed by atoms with Gasteiger partial charge in [0.2, 0.25) is 0 Å². The Hall–Kier alpha value is -3.00. The van der Waals surface area contributed by atoms with Gasteiger partial charge in [-0.05, 0) is 31.9 Å². The number of carbonyl (C=O) groups is 1. The number of aromatic amines is 1. The molecule has 1 spiro atoms. The van der Waals surface area contributed by atoms with E-state index in [-0.39, 0.29) is 17.4 Å². The van der Waals surface area contributed by atoms with Crippen molar-refractivity contribution < 1.29 is 9.53 Å². The summed E-state index contributed by atoms with van der Waals surface area (Å²) in [5, 5.41) is 5.02. The Morgan fingerprint density at radius 2 is 1.97 bits per heavy atom. The number of ether oxygens (including phenoxy) is 1. The number of hydrogen-bond acceptors (Lipinski definition) is 6. The summed E-state index contributed by atoms with van der Waals surface area (Å²) >= 11 is 0. The van der Waals surface area contributed by atoms with Gasteiger partial charge >= 0.3 is 0 Å². The minimum atomic E-state index is -0.490. The number of nitrogens with one attached hydrogen (secondary N) is 1. The molecule has 31 heavy (non-hydrogen) atoms. The summed E-state index contributed by atoms with van der Waals surface area (Å²) in [6.45, 7) is 3.28. The molecule has 2 fully saturated rings. The maximum Gasteiger partial charge on any atom is 0.262 e. The fourth-order valence-corrected chi connectivity index (χ4v) is 5.33. The number of H-pyrrole nitrogens is 1. The molecule has 0 amide bonds. The third-order valence-electron chi connectivity index (χ3n) is 7.07. The van der Waals surface area contributed by atoms with Crippen LogP contribution in [0.15, 0.2) is 35.3 Å². The zero-order valence-corrected chi connectivity index (χ0v) is 17.5. The van der Waals surface area contributed by atoms with Gasteiger partial charge in [-0.1, -0.05) is 25.0 Å². The minimum absolute atomic E-state index is 0.0921. The van der Waals surface area contributed by atoms with Gasteiger partial charge in [0.1, 0.15) is 22.6 Å².